The zero-order valence-corrected chi connectivity index (χ0v) is 16.8. The van der Waals surface area contributed by atoms with Crippen molar-refractivity contribution in [1.29, 1.82) is 0 Å². The molecule has 5 rings (SSSR count). The maximum atomic E-state index is 5.43. The summed E-state index contributed by atoms with van der Waals surface area (Å²) < 4.78 is 9.41. The smallest absolute Gasteiger partial charge is 0.192 e. The van der Waals surface area contributed by atoms with E-state index in [2.05, 4.69) is 16.3 Å². The van der Waals surface area contributed by atoms with Gasteiger partial charge in [0.15, 0.2) is 45.9 Å². The van der Waals surface area contributed by atoms with Crippen LogP contribution in [0.3, 0.4) is 0 Å². The molecule has 4 heterocycles. The Kier molecular flexibility index (Phi) is 3.46. The van der Waals surface area contributed by atoms with Gasteiger partial charge in [0.25, 0.3) is 0 Å². The van der Waals surface area contributed by atoms with Gasteiger partial charge in [-0.05, 0) is 39.3 Å². The number of rotatable bonds is 3. The van der Waals surface area contributed by atoms with E-state index < -0.39 is 0 Å². The summed E-state index contributed by atoms with van der Waals surface area (Å²) in [5, 5.41) is 4.73. The van der Waals surface area contributed by atoms with Gasteiger partial charge in [-0.1, -0.05) is 0 Å². The predicted octanol–water partition coefficient (Wildman–Crippen LogP) is 3.70. The molecule has 4 aromatic heterocycles. The standard InChI is InChI=1S/C18H17IN6O/c1-9-8-20-10(2)17-22-16(23-25(9)17)13-7-12(13)15-11(3)24-6-4-5-14(26-19)18(24)21-15/h4-6,8,12-13H,7H2,1-3H3. The molecular weight excluding hydrogens is 443 g/mol. The number of imidazole rings is 1. The molecule has 132 valence electrons. The lowest BCUT2D eigenvalue weighted by Gasteiger charge is -2.00. The van der Waals surface area contributed by atoms with Crippen LogP contribution in [-0.4, -0.2) is 29.0 Å². The van der Waals surface area contributed by atoms with Gasteiger partial charge in [-0.3, -0.25) is 4.98 Å². The average molecular weight is 460 g/mol. The summed E-state index contributed by atoms with van der Waals surface area (Å²) in [7, 11) is 0. The second kappa shape index (κ2) is 5.63. The number of fused-ring (bicyclic) bond motifs is 2. The van der Waals surface area contributed by atoms with Crippen LogP contribution in [0.1, 0.15) is 46.9 Å². The molecule has 8 heteroatoms. The number of aryl methyl sites for hydroxylation is 3. The van der Waals surface area contributed by atoms with Crippen LogP contribution >= 0.6 is 23.0 Å². The first kappa shape index (κ1) is 16.0. The van der Waals surface area contributed by atoms with Crippen molar-refractivity contribution in [2.24, 2.45) is 0 Å². The minimum Gasteiger partial charge on any atom is -0.424 e. The van der Waals surface area contributed by atoms with Crippen molar-refractivity contribution < 1.29 is 3.07 Å². The van der Waals surface area contributed by atoms with Gasteiger partial charge in [0.2, 0.25) is 0 Å². The predicted molar refractivity (Wildman–Crippen MR) is 105 cm³/mol. The lowest BCUT2D eigenvalue weighted by molar-refractivity contribution is 0.716. The van der Waals surface area contributed by atoms with E-state index in [1.54, 1.807) is 0 Å². The molecule has 26 heavy (non-hydrogen) atoms. The van der Waals surface area contributed by atoms with Crippen molar-refractivity contribution in [1.82, 2.24) is 29.0 Å². The molecule has 1 aliphatic rings. The third-order valence-electron chi connectivity index (χ3n) is 5.17. The quantitative estimate of drug-likeness (QED) is 0.437. The van der Waals surface area contributed by atoms with Crippen LogP contribution in [0, 0.1) is 20.8 Å². The molecule has 0 radical (unpaired) electrons. The van der Waals surface area contributed by atoms with Gasteiger partial charge in [-0.25, -0.2) is 14.5 Å². The average Bonchev–Trinajstić information content (AvgIpc) is 3.17. The highest BCUT2D eigenvalue weighted by molar-refractivity contribution is 14.1. The summed E-state index contributed by atoms with van der Waals surface area (Å²) in [6, 6.07) is 3.91. The first-order valence-electron chi connectivity index (χ1n) is 8.53. The molecular formula is C18H17IN6O. The first-order chi connectivity index (χ1) is 12.6. The van der Waals surface area contributed by atoms with Crippen LogP contribution in [-0.2, 0) is 0 Å². The number of hydrogen-bond acceptors (Lipinski definition) is 5. The van der Waals surface area contributed by atoms with Crippen molar-refractivity contribution in [2.45, 2.75) is 39.0 Å². The number of halogens is 1. The highest BCUT2D eigenvalue weighted by Gasteiger charge is 2.45. The van der Waals surface area contributed by atoms with Crippen LogP contribution in [0.4, 0.5) is 0 Å². The number of nitrogens with zero attached hydrogens (tertiary/aromatic N) is 6. The van der Waals surface area contributed by atoms with E-state index in [0.29, 0.717) is 11.8 Å². The van der Waals surface area contributed by atoms with E-state index in [4.69, 9.17) is 18.1 Å². The van der Waals surface area contributed by atoms with Gasteiger partial charge < -0.3 is 7.47 Å². The molecule has 1 saturated carbocycles. The molecule has 0 aliphatic heterocycles. The summed E-state index contributed by atoms with van der Waals surface area (Å²) in [6.45, 7) is 6.08. The van der Waals surface area contributed by atoms with Crippen molar-refractivity contribution in [3.05, 3.63) is 53.1 Å². The van der Waals surface area contributed by atoms with Crippen LogP contribution in [0.2, 0.25) is 0 Å². The molecule has 2 atom stereocenters. The van der Waals surface area contributed by atoms with E-state index in [1.165, 1.54) is 0 Å². The fourth-order valence-corrected chi connectivity index (χ4v) is 3.98. The van der Waals surface area contributed by atoms with Gasteiger partial charge in [0, 0.05) is 29.9 Å². The third-order valence-corrected chi connectivity index (χ3v) is 5.65. The van der Waals surface area contributed by atoms with Gasteiger partial charge in [0.05, 0.1) is 17.1 Å². The summed E-state index contributed by atoms with van der Waals surface area (Å²) in [4.78, 5) is 14.0. The van der Waals surface area contributed by atoms with Crippen molar-refractivity contribution in [3.8, 4) is 5.75 Å². The Morgan fingerprint density at radius 2 is 2.00 bits per heavy atom. The molecule has 0 N–H and O–H groups in total. The first-order valence-corrected chi connectivity index (χ1v) is 9.41. The fourth-order valence-electron chi connectivity index (χ4n) is 3.64. The molecule has 0 aromatic carbocycles. The van der Waals surface area contributed by atoms with Crippen LogP contribution in [0.5, 0.6) is 5.75 Å². The largest absolute Gasteiger partial charge is 0.424 e. The summed E-state index contributed by atoms with van der Waals surface area (Å²) in [5.74, 6) is 2.32. The minimum absolute atomic E-state index is 0.307. The maximum absolute atomic E-state index is 5.43. The van der Waals surface area contributed by atoms with Crippen molar-refractivity contribution >= 4 is 34.3 Å². The lowest BCUT2D eigenvalue weighted by Crippen LogP contribution is -1.97. The molecule has 0 amide bonds. The van der Waals surface area contributed by atoms with E-state index >= 15 is 0 Å². The fraction of sp³-hybridized carbons (Fsp3) is 0.333. The lowest BCUT2D eigenvalue weighted by atomic mass is 10.2. The zero-order chi connectivity index (χ0) is 18.0. The van der Waals surface area contributed by atoms with Gasteiger partial charge >= 0.3 is 0 Å². The monoisotopic (exact) mass is 460 g/mol. The Balaban J connectivity index is 1.55. The minimum atomic E-state index is 0.307. The topological polar surface area (TPSA) is 69.6 Å². The third kappa shape index (κ3) is 2.24. The normalized spacial score (nSPS) is 19.4. The highest BCUT2D eigenvalue weighted by atomic mass is 127. The molecule has 0 saturated heterocycles. The molecule has 1 aliphatic carbocycles. The van der Waals surface area contributed by atoms with Crippen LogP contribution < -0.4 is 3.07 Å². The van der Waals surface area contributed by atoms with E-state index in [9.17, 15) is 0 Å². The molecule has 7 nitrogen and oxygen atoms in total. The van der Waals surface area contributed by atoms with Crippen LogP contribution in [0.15, 0.2) is 24.5 Å². The van der Waals surface area contributed by atoms with E-state index in [1.807, 2.05) is 65.9 Å². The Bertz CT molecular complexity index is 1120. The van der Waals surface area contributed by atoms with Gasteiger partial charge in [-0.2, -0.15) is 5.10 Å². The highest BCUT2D eigenvalue weighted by Crippen LogP contribution is 2.54. The molecule has 2 unspecified atom stereocenters. The second-order valence-electron chi connectivity index (χ2n) is 6.86. The Labute approximate surface area is 164 Å². The van der Waals surface area contributed by atoms with E-state index in [0.717, 1.165) is 52.1 Å². The number of hydrogen-bond donors (Lipinski definition) is 0. The van der Waals surface area contributed by atoms with Crippen LogP contribution in [0.25, 0.3) is 11.3 Å². The zero-order valence-electron chi connectivity index (χ0n) is 14.6. The summed E-state index contributed by atoms with van der Waals surface area (Å²) in [6.07, 6.45) is 4.88. The summed E-state index contributed by atoms with van der Waals surface area (Å²) in [5.41, 5.74) is 5.87. The SMILES string of the molecule is Cc1ncc(C)n2nc(C3CC3c3nc4c(OI)cccn4c3C)nc12. The number of pyridine rings is 1. The maximum Gasteiger partial charge on any atom is 0.192 e. The molecule has 0 spiro atoms. The van der Waals surface area contributed by atoms with Gasteiger partial charge in [0.1, 0.15) is 0 Å². The number of aromatic nitrogens is 6. The molecule has 1 fully saturated rings. The Hall–Kier alpha value is -2.23. The molecule has 0 bridgehead atoms. The Morgan fingerprint density at radius 3 is 2.77 bits per heavy atom. The van der Waals surface area contributed by atoms with Crippen molar-refractivity contribution in [3.63, 3.8) is 0 Å². The van der Waals surface area contributed by atoms with Gasteiger partial charge in [-0.15, -0.1) is 0 Å². The van der Waals surface area contributed by atoms with Crippen molar-refractivity contribution in [2.75, 3.05) is 0 Å². The second-order valence-corrected chi connectivity index (χ2v) is 7.31. The Morgan fingerprint density at radius 1 is 1.15 bits per heavy atom. The summed E-state index contributed by atoms with van der Waals surface area (Å²) >= 11 is 1.90. The van der Waals surface area contributed by atoms with E-state index in [-0.39, 0.29) is 0 Å². The molecule has 4 aromatic rings.